The van der Waals surface area contributed by atoms with Gasteiger partial charge in [0.25, 0.3) is 0 Å². The van der Waals surface area contributed by atoms with Crippen molar-refractivity contribution in [3.8, 4) is 0 Å². The van der Waals surface area contributed by atoms with Crippen molar-refractivity contribution in [3.63, 3.8) is 0 Å². The molecule has 0 aromatic carbocycles. The smallest absolute Gasteiger partial charge is 0.240 e. The van der Waals surface area contributed by atoms with Crippen LogP contribution >= 0.6 is 0 Å². The molecule has 0 radical (unpaired) electrons. The molecule has 0 N–H and O–H groups in total. The molecule has 0 bridgehead atoms. The number of hydrogen-bond acceptors (Lipinski definition) is 3. The number of amides is 1. The zero-order valence-electron chi connectivity index (χ0n) is 11.3. The van der Waals surface area contributed by atoms with Crippen molar-refractivity contribution in [2.75, 3.05) is 18.8 Å². The van der Waals surface area contributed by atoms with Gasteiger partial charge in [0.2, 0.25) is 5.91 Å². The van der Waals surface area contributed by atoms with Crippen LogP contribution in [-0.2, 0) is 14.6 Å². The van der Waals surface area contributed by atoms with Crippen molar-refractivity contribution < 1.29 is 13.2 Å². The summed E-state index contributed by atoms with van der Waals surface area (Å²) in [6, 6.07) is 0. The summed E-state index contributed by atoms with van der Waals surface area (Å²) in [7, 11) is -3.26. The number of nitrogens with zero attached hydrogens (tertiary/aromatic N) is 1. The number of carbonyl (C=O) groups is 1. The van der Waals surface area contributed by atoms with Gasteiger partial charge in [-0.1, -0.05) is 19.8 Å². The molecule has 2 fully saturated rings. The summed E-state index contributed by atoms with van der Waals surface area (Å²) in [6.45, 7) is 4.64. The van der Waals surface area contributed by atoms with Crippen LogP contribution in [0.1, 0.15) is 46.0 Å². The summed E-state index contributed by atoms with van der Waals surface area (Å²) >= 11 is 0. The molecule has 18 heavy (non-hydrogen) atoms. The van der Waals surface area contributed by atoms with Crippen LogP contribution in [-0.4, -0.2) is 43.3 Å². The second-order valence-corrected chi connectivity index (χ2v) is 8.42. The lowest BCUT2D eigenvalue weighted by Gasteiger charge is -2.25. The van der Waals surface area contributed by atoms with Crippen LogP contribution in [0.4, 0.5) is 0 Å². The topological polar surface area (TPSA) is 54.5 Å². The molecule has 1 spiro atoms. The Morgan fingerprint density at radius 3 is 2.44 bits per heavy atom. The third kappa shape index (κ3) is 2.42. The van der Waals surface area contributed by atoms with Gasteiger partial charge in [-0.3, -0.25) is 4.79 Å². The molecule has 1 atom stereocenters. The molecule has 1 aliphatic carbocycles. The van der Waals surface area contributed by atoms with Gasteiger partial charge in [0.05, 0.1) is 0 Å². The highest BCUT2D eigenvalue weighted by Crippen LogP contribution is 2.45. The lowest BCUT2D eigenvalue weighted by molar-refractivity contribution is -0.129. The Kier molecular flexibility index (Phi) is 3.72. The normalized spacial score (nSPS) is 24.7. The van der Waals surface area contributed by atoms with Gasteiger partial charge < -0.3 is 4.90 Å². The van der Waals surface area contributed by atoms with E-state index < -0.39 is 15.1 Å². The number of carbonyl (C=O) groups excluding carboxylic acids is 1. The molecular weight excluding hydrogens is 250 g/mol. The van der Waals surface area contributed by atoms with Gasteiger partial charge in [-0.15, -0.1) is 0 Å². The molecule has 1 saturated heterocycles. The third-order valence-corrected chi connectivity index (χ3v) is 6.79. The van der Waals surface area contributed by atoms with E-state index in [2.05, 4.69) is 0 Å². The number of sulfone groups is 1. The van der Waals surface area contributed by atoms with E-state index in [0.29, 0.717) is 5.41 Å². The average molecular weight is 273 g/mol. The molecule has 1 amide bonds. The van der Waals surface area contributed by atoms with Gasteiger partial charge in [0.1, 0.15) is 5.25 Å². The Hall–Kier alpha value is -0.580. The van der Waals surface area contributed by atoms with Crippen LogP contribution < -0.4 is 0 Å². The highest BCUT2D eigenvalue weighted by molar-refractivity contribution is 7.92. The maximum Gasteiger partial charge on any atom is 0.240 e. The molecule has 5 heteroatoms. The fourth-order valence-electron chi connectivity index (χ4n) is 3.32. The maximum atomic E-state index is 12.2. The van der Waals surface area contributed by atoms with Gasteiger partial charge in [-0.05, 0) is 31.6 Å². The van der Waals surface area contributed by atoms with Crippen LogP contribution in [0.25, 0.3) is 0 Å². The van der Waals surface area contributed by atoms with Crippen molar-refractivity contribution >= 4 is 15.7 Å². The lowest BCUT2D eigenvalue weighted by Crippen LogP contribution is -2.41. The largest absolute Gasteiger partial charge is 0.341 e. The first-order chi connectivity index (χ1) is 8.40. The summed E-state index contributed by atoms with van der Waals surface area (Å²) < 4.78 is 23.5. The first kappa shape index (κ1) is 13.8. The van der Waals surface area contributed by atoms with Gasteiger partial charge in [0, 0.05) is 18.8 Å². The zero-order valence-corrected chi connectivity index (χ0v) is 12.1. The predicted molar refractivity (Wildman–Crippen MR) is 71.0 cm³/mol. The molecule has 2 aliphatic rings. The highest BCUT2D eigenvalue weighted by Gasteiger charge is 2.43. The summed E-state index contributed by atoms with van der Waals surface area (Å²) in [4.78, 5) is 14.0. The summed E-state index contributed by atoms with van der Waals surface area (Å²) in [5.41, 5.74) is 0.311. The fraction of sp³-hybridized carbons (Fsp3) is 0.923. The van der Waals surface area contributed by atoms with Crippen molar-refractivity contribution in [1.29, 1.82) is 0 Å². The quantitative estimate of drug-likeness (QED) is 0.785. The van der Waals surface area contributed by atoms with Gasteiger partial charge in [-0.2, -0.15) is 0 Å². The Morgan fingerprint density at radius 2 is 1.89 bits per heavy atom. The number of likely N-dealkylation sites (tertiary alicyclic amines) is 1. The number of rotatable bonds is 3. The monoisotopic (exact) mass is 273 g/mol. The lowest BCUT2D eigenvalue weighted by atomic mass is 9.86. The minimum atomic E-state index is -3.26. The third-order valence-electron chi connectivity index (χ3n) is 4.70. The van der Waals surface area contributed by atoms with Crippen LogP contribution in [0.2, 0.25) is 0 Å². The second kappa shape index (κ2) is 4.83. The molecule has 2 rings (SSSR count). The van der Waals surface area contributed by atoms with E-state index in [0.717, 1.165) is 19.5 Å². The molecular formula is C13H23NO3S. The van der Waals surface area contributed by atoms with Crippen LogP contribution in [0, 0.1) is 5.41 Å². The minimum absolute atomic E-state index is 0.0406. The molecule has 0 unspecified atom stereocenters. The van der Waals surface area contributed by atoms with E-state index in [1.54, 1.807) is 11.8 Å². The van der Waals surface area contributed by atoms with E-state index in [1.165, 1.54) is 32.6 Å². The Labute approximate surface area is 110 Å². The first-order valence-electron chi connectivity index (χ1n) is 6.91. The van der Waals surface area contributed by atoms with E-state index in [1.807, 2.05) is 0 Å². The standard InChI is InChI=1S/C13H23NO3S/c1-3-18(16,17)11(2)12(15)14-9-8-13(10-14)6-4-5-7-13/h11H,3-10H2,1-2H3/t11-/m0/s1. The van der Waals surface area contributed by atoms with Gasteiger partial charge in [0.15, 0.2) is 9.84 Å². The molecule has 1 aliphatic heterocycles. The Balaban J connectivity index is 2.03. The summed E-state index contributed by atoms with van der Waals surface area (Å²) in [5.74, 6) is -0.153. The van der Waals surface area contributed by atoms with Crippen LogP contribution in [0.15, 0.2) is 0 Å². The van der Waals surface area contributed by atoms with Gasteiger partial charge >= 0.3 is 0 Å². The maximum absolute atomic E-state index is 12.2. The summed E-state index contributed by atoms with van der Waals surface area (Å²) in [5, 5.41) is -0.876. The predicted octanol–water partition coefficient (Wildman–Crippen LogP) is 1.60. The molecule has 1 heterocycles. The van der Waals surface area contributed by atoms with E-state index in [9.17, 15) is 13.2 Å². The molecule has 0 aromatic rings. The van der Waals surface area contributed by atoms with Crippen molar-refractivity contribution in [2.45, 2.75) is 51.2 Å². The Bertz CT molecular complexity index is 424. The zero-order chi connectivity index (χ0) is 13.4. The SMILES string of the molecule is CCS(=O)(=O)[C@@H](C)C(=O)N1CCC2(CCCC2)C1. The number of hydrogen-bond donors (Lipinski definition) is 0. The van der Waals surface area contributed by atoms with Crippen LogP contribution in [0.5, 0.6) is 0 Å². The fourth-order valence-corrected chi connectivity index (χ4v) is 4.27. The van der Waals surface area contributed by atoms with Crippen molar-refractivity contribution in [2.24, 2.45) is 5.41 Å². The molecule has 1 saturated carbocycles. The van der Waals surface area contributed by atoms with Crippen molar-refractivity contribution in [3.05, 3.63) is 0 Å². The van der Waals surface area contributed by atoms with Crippen LogP contribution in [0.3, 0.4) is 0 Å². The second-order valence-electron chi connectivity index (χ2n) is 5.81. The average Bonchev–Trinajstić information content (AvgIpc) is 2.98. The first-order valence-corrected chi connectivity index (χ1v) is 8.62. The minimum Gasteiger partial charge on any atom is -0.341 e. The van der Waals surface area contributed by atoms with E-state index in [-0.39, 0.29) is 11.7 Å². The Morgan fingerprint density at radius 1 is 1.28 bits per heavy atom. The summed E-state index contributed by atoms with van der Waals surface area (Å²) in [6.07, 6.45) is 5.96. The highest BCUT2D eigenvalue weighted by atomic mass is 32.2. The van der Waals surface area contributed by atoms with E-state index in [4.69, 9.17) is 0 Å². The molecule has 4 nitrogen and oxygen atoms in total. The van der Waals surface area contributed by atoms with Crippen molar-refractivity contribution in [1.82, 2.24) is 4.90 Å². The van der Waals surface area contributed by atoms with Gasteiger partial charge in [-0.25, -0.2) is 8.42 Å². The molecule has 104 valence electrons. The van der Waals surface area contributed by atoms with E-state index >= 15 is 0 Å². The molecule has 0 aromatic heterocycles.